The number of aromatic nitrogens is 2. The van der Waals surface area contributed by atoms with Crippen molar-refractivity contribution < 1.29 is 12.8 Å². The first-order valence-electron chi connectivity index (χ1n) is 7.98. The van der Waals surface area contributed by atoms with E-state index in [1.54, 1.807) is 41.1 Å². The highest BCUT2D eigenvalue weighted by molar-refractivity contribution is 7.90. The van der Waals surface area contributed by atoms with Gasteiger partial charge in [0.05, 0.1) is 21.8 Å². The summed E-state index contributed by atoms with van der Waals surface area (Å²) in [4.78, 5) is 0.262. The first kappa shape index (κ1) is 16.5. The van der Waals surface area contributed by atoms with E-state index in [2.05, 4.69) is 5.10 Å². The number of hydrogen-bond donors (Lipinski definition) is 0. The fourth-order valence-corrected chi connectivity index (χ4v) is 3.57. The van der Waals surface area contributed by atoms with Gasteiger partial charge in [0.25, 0.3) is 0 Å². The third-order valence-corrected chi connectivity index (χ3v) is 5.33. The Balaban J connectivity index is 1.96. The molecule has 4 rings (SSSR count). The van der Waals surface area contributed by atoms with Crippen LogP contribution in [0.3, 0.4) is 0 Å². The molecule has 0 spiro atoms. The minimum absolute atomic E-state index is 0.262. The lowest BCUT2D eigenvalue weighted by Gasteiger charge is -2.09. The van der Waals surface area contributed by atoms with E-state index in [4.69, 9.17) is 0 Å². The van der Waals surface area contributed by atoms with Crippen LogP contribution in [0.5, 0.6) is 0 Å². The number of nitrogens with zero attached hydrogens (tertiary/aromatic N) is 2. The number of benzene rings is 3. The van der Waals surface area contributed by atoms with E-state index in [0.29, 0.717) is 0 Å². The summed E-state index contributed by atoms with van der Waals surface area (Å²) in [6, 6.07) is 20.5. The molecule has 1 heterocycles. The maximum absolute atomic E-state index is 13.3. The van der Waals surface area contributed by atoms with E-state index in [-0.39, 0.29) is 10.7 Å². The van der Waals surface area contributed by atoms with E-state index in [1.165, 1.54) is 18.4 Å². The second-order valence-corrected chi connectivity index (χ2v) is 8.07. The lowest BCUT2D eigenvalue weighted by molar-refractivity contribution is 0.602. The number of sulfone groups is 1. The maximum Gasteiger partial charge on any atom is 0.175 e. The number of halogens is 1. The van der Waals surface area contributed by atoms with Crippen LogP contribution < -0.4 is 0 Å². The molecule has 1 aromatic heterocycles. The van der Waals surface area contributed by atoms with E-state index >= 15 is 0 Å². The highest BCUT2D eigenvalue weighted by Gasteiger charge is 2.15. The van der Waals surface area contributed by atoms with Gasteiger partial charge in [0.15, 0.2) is 9.84 Å². The zero-order chi connectivity index (χ0) is 18.3. The van der Waals surface area contributed by atoms with Gasteiger partial charge < -0.3 is 0 Å². The second kappa shape index (κ2) is 6.07. The molecule has 130 valence electrons. The average Bonchev–Trinajstić information content (AvgIpc) is 3.01. The monoisotopic (exact) mass is 366 g/mol. The lowest BCUT2D eigenvalue weighted by Crippen LogP contribution is -2.00. The Morgan fingerprint density at radius 2 is 1.54 bits per heavy atom. The minimum atomic E-state index is -3.26. The summed E-state index contributed by atoms with van der Waals surface area (Å²) in [5, 5.41) is 5.57. The predicted octanol–water partition coefficient (Wildman–Crippen LogP) is 4.24. The first-order valence-corrected chi connectivity index (χ1v) is 9.87. The first-order chi connectivity index (χ1) is 12.4. The molecule has 0 amide bonds. The molecular weight excluding hydrogens is 351 g/mol. The molecule has 4 aromatic rings. The van der Waals surface area contributed by atoms with Gasteiger partial charge in [-0.15, -0.1) is 0 Å². The summed E-state index contributed by atoms with van der Waals surface area (Å²) in [5.41, 5.74) is 3.19. The smallest absolute Gasteiger partial charge is 0.175 e. The van der Waals surface area contributed by atoms with Crippen LogP contribution in [0.4, 0.5) is 4.39 Å². The molecule has 0 aliphatic heterocycles. The van der Waals surface area contributed by atoms with Gasteiger partial charge in [-0.05, 0) is 42.5 Å². The largest absolute Gasteiger partial charge is 0.232 e. The van der Waals surface area contributed by atoms with Crippen molar-refractivity contribution in [2.75, 3.05) is 6.26 Å². The summed E-state index contributed by atoms with van der Waals surface area (Å²) in [6.07, 6.45) is 1.18. The van der Waals surface area contributed by atoms with Crippen LogP contribution >= 0.6 is 0 Å². The fourth-order valence-electron chi connectivity index (χ4n) is 2.94. The Hall–Kier alpha value is -2.99. The van der Waals surface area contributed by atoms with Crippen LogP contribution in [0, 0.1) is 5.82 Å². The Kier molecular flexibility index (Phi) is 3.85. The third kappa shape index (κ3) is 2.88. The molecule has 0 aliphatic carbocycles. The zero-order valence-corrected chi connectivity index (χ0v) is 14.7. The van der Waals surface area contributed by atoms with Gasteiger partial charge in [-0.3, -0.25) is 0 Å². The number of rotatable bonds is 3. The van der Waals surface area contributed by atoms with Gasteiger partial charge in [-0.1, -0.05) is 30.3 Å². The van der Waals surface area contributed by atoms with Crippen molar-refractivity contribution in [1.82, 2.24) is 9.78 Å². The van der Waals surface area contributed by atoms with Crippen molar-refractivity contribution in [3.63, 3.8) is 0 Å². The topological polar surface area (TPSA) is 52.0 Å². The van der Waals surface area contributed by atoms with Crippen LogP contribution in [0.25, 0.3) is 27.8 Å². The SMILES string of the molecule is CS(=O)(=O)c1ccc(-c2c3ccccc3nn2-c2ccc(F)cc2)cc1. The van der Waals surface area contributed by atoms with Gasteiger partial charge in [0.2, 0.25) is 0 Å². The Bertz CT molecular complexity index is 1200. The Morgan fingerprint density at radius 3 is 2.19 bits per heavy atom. The molecular formula is C20H15FN2O2S. The van der Waals surface area contributed by atoms with Gasteiger partial charge in [-0.25, -0.2) is 17.5 Å². The molecule has 0 unspecified atom stereocenters. The van der Waals surface area contributed by atoms with Crippen molar-refractivity contribution in [3.05, 3.63) is 78.6 Å². The van der Waals surface area contributed by atoms with Crippen LogP contribution in [0.1, 0.15) is 0 Å². The molecule has 0 radical (unpaired) electrons. The zero-order valence-electron chi connectivity index (χ0n) is 13.9. The normalized spacial score (nSPS) is 11.8. The third-order valence-electron chi connectivity index (χ3n) is 4.21. The Morgan fingerprint density at radius 1 is 0.885 bits per heavy atom. The summed E-state index contributed by atoms with van der Waals surface area (Å²) in [6.45, 7) is 0. The van der Waals surface area contributed by atoms with Crippen molar-refractivity contribution in [3.8, 4) is 16.9 Å². The van der Waals surface area contributed by atoms with Crippen molar-refractivity contribution in [2.45, 2.75) is 4.90 Å². The number of fused-ring (bicyclic) bond motifs is 1. The summed E-state index contributed by atoms with van der Waals surface area (Å²) in [5.74, 6) is -0.315. The van der Waals surface area contributed by atoms with E-state index < -0.39 is 9.84 Å². The summed E-state index contributed by atoms with van der Waals surface area (Å²) < 4.78 is 38.5. The maximum atomic E-state index is 13.3. The quantitative estimate of drug-likeness (QED) is 0.545. The molecule has 0 atom stereocenters. The highest BCUT2D eigenvalue weighted by atomic mass is 32.2. The van der Waals surface area contributed by atoms with Crippen LogP contribution in [0.15, 0.2) is 77.7 Å². The van der Waals surface area contributed by atoms with Gasteiger partial charge in [-0.2, -0.15) is 5.10 Å². The van der Waals surface area contributed by atoms with Crippen molar-refractivity contribution in [1.29, 1.82) is 0 Å². The second-order valence-electron chi connectivity index (χ2n) is 6.05. The number of hydrogen-bond acceptors (Lipinski definition) is 3. The average molecular weight is 366 g/mol. The highest BCUT2D eigenvalue weighted by Crippen LogP contribution is 2.31. The van der Waals surface area contributed by atoms with E-state index in [0.717, 1.165) is 27.8 Å². The fraction of sp³-hybridized carbons (Fsp3) is 0.0500. The van der Waals surface area contributed by atoms with Gasteiger partial charge in [0, 0.05) is 17.2 Å². The molecule has 0 saturated carbocycles. The van der Waals surface area contributed by atoms with E-state index in [9.17, 15) is 12.8 Å². The van der Waals surface area contributed by atoms with Gasteiger partial charge in [0.1, 0.15) is 5.82 Å². The van der Waals surface area contributed by atoms with Crippen LogP contribution in [-0.4, -0.2) is 24.5 Å². The molecule has 26 heavy (non-hydrogen) atoms. The summed E-state index contributed by atoms with van der Waals surface area (Å²) in [7, 11) is -3.26. The molecule has 0 saturated heterocycles. The van der Waals surface area contributed by atoms with Crippen LogP contribution in [0.2, 0.25) is 0 Å². The standard InChI is InChI=1S/C20H15FN2O2S/c1-26(24,25)17-12-6-14(7-13-17)20-18-4-2-3-5-19(18)22-23(20)16-10-8-15(21)9-11-16/h2-13H,1H3. The molecule has 0 N–H and O–H groups in total. The van der Waals surface area contributed by atoms with Crippen molar-refractivity contribution in [2.24, 2.45) is 0 Å². The molecule has 0 aliphatic rings. The molecule has 0 bridgehead atoms. The minimum Gasteiger partial charge on any atom is -0.232 e. The molecule has 0 fully saturated rings. The lowest BCUT2D eigenvalue weighted by atomic mass is 10.1. The molecule has 6 heteroatoms. The van der Waals surface area contributed by atoms with Gasteiger partial charge >= 0.3 is 0 Å². The summed E-state index contributed by atoms with van der Waals surface area (Å²) >= 11 is 0. The molecule has 4 nitrogen and oxygen atoms in total. The molecule has 3 aromatic carbocycles. The Labute approximate surface area is 150 Å². The van der Waals surface area contributed by atoms with Crippen LogP contribution in [-0.2, 0) is 9.84 Å². The van der Waals surface area contributed by atoms with Crippen molar-refractivity contribution >= 4 is 20.7 Å². The van der Waals surface area contributed by atoms with E-state index in [1.807, 2.05) is 24.3 Å². The predicted molar refractivity (Wildman–Crippen MR) is 99.6 cm³/mol.